The number of hydrogen-bond donors (Lipinski definition) is 2. The predicted octanol–water partition coefficient (Wildman–Crippen LogP) is 1.72. The average molecular weight is 393 g/mol. The summed E-state index contributed by atoms with van der Waals surface area (Å²) in [5.74, 6) is -1.35. The van der Waals surface area contributed by atoms with Crippen LogP contribution in [0.1, 0.15) is 23.7 Å². The average Bonchev–Trinajstić information content (AvgIpc) is 2.42. The van der Waals surface area contributed by atoms with Crippen molar-refractivity contribution >= 4 is 31.7 Å². The van der Waals surface area contributed by atoms with Gasteiger partial charge in [0.15, 0.2) is 15.7 Å². The van der Waals surface area contributed by atoms with Crippen molar-refractivity contribution in [2.75, 3.05) is 19.3 Å². The highest BCUT2D eigenvalue weighted by Crippen LogP contribution is 2.24. The summed E-state index contributed by atoms with van der Waals surface area (Å²) in [5, 5.41) is 5.94. The Labute approximate surface area is 137 Å². The zero-order valence-electron chi connectivity index (χ0n) is 12.3. The minimum absolute atomic E-state index is 0.110. The van der Waals surface area contributed by atoms with E-state index in [9.17, 15) is 17.6 Å². The number of rotatable bonds is 3. The first kappa shape index (κ1) is 17.4. The molecule has 0 radical (unpaired) electrons. The highest BCUT2D eigenvalue weighted by molar-refractivity contribution is 9.10. The Morgan fingerprint density at radius 2 is 2.14 bits per heavy atom. The van der Waals surface area contributed by atoms with Crippen LogP contribution in [0.3, 0.4) is 0 Å². The fourth-order valence-electron chi connectivity index (χ4n) is 2.43. The van der Waals surface area contributed by atoms with Crippen LogP contribution in [-0.4, -0.2) is 39.7 Å². The van der Waals surface area contributed by atoms with Gasteiger partial charge in [0.1, 0.15) is 4.90 Å². The minimum atomic E-state index is -3.75. The Hall–Kier alpha value is -0.990. The molecule has 0 aromatic heterocycles. The van der Waals surface area contributed by atoms with Crippen molar-refractivity contribution in [2.24, 2.45) is 5.92 Å². The largest absolute Gasteiger partial charge is 0.348 e. The molecule has 2 unspecified atom stereocenters. The molecule has 2 rings (SSSR count). The quantitative estimate of drug-likeness (QED) is 0.820. The Morgan fingerprint density at radius 3 is 2.73 bits per heavy atom. The highest BCUT2D eigenvalue weighted by atomic mass is 79.9. The van der Waals surface area contributed by atoms with Gasteiger partial charge in [0, 0.05) is 23.3 Å². The molecular formula is C14H18BrFN2O3S. The van der Waals surface area contributed by atoms with Crippen molar-refractivity contribution in [2.45, 2.75) is 24.3 Å². The Bertz CT molecular complexity index is 694. The number of sulfone groups is 1. The van der Waals surface area contributed by atoms with Crippen molar-refractivity contribution in [3.8, 4) is 0 Å². The maximum absolute atomic E-state index is 14.4. The molecule has 1 heterocycles. The van der Waals surface area contributed by atoms with Gasteiger partial charge in [0.2, 0.25) is 0 Å². The van der Waals surface area contributed by atoms with Crippen LogP contribution in [0, 0.1) is 11.7 Å². The van der Waals surface area contributed by atoms with Gasteiger partial charge in [0.05, 0.1) is 5.56 Å². The lowest BCUT2D eigenvalue weighted by Crippen LogP contribution is -2.50. The number of amides is 1. The number of benzene rings is 1. The van der Waals surface area contributed by atoms with E-state index in [1.165, 1.54) is 6.07 Å². The SMILES string of the molecule is CC1CCNCC1NC(=O)c1cc(Br)cc(S(C)(=O)=O)c1F. The van der Waals surface area contributed by atoms with E-state index in [2.05, 4.69) is 26.6 Å². The molecule has 122 valence electrons. The molecule has 5 nitrogen and oxygen atoms in total. The van der Waals surface area contributed by atoms with Crippen LogP contribution in [0.25, 0.3) is 0 Å². The van der Waals surface area contributed by atoms with Crippen LogP contribution in [0.15, 0.2) is 21.5 Å². The van der Waals surface area contributed by atoms with Crippen LogP contribution in [0.2, 0.25) is 0 Å². The predicted molar refractivity (Wildman–Crippen MR) is 85.1 cm³/mol. The van der Waals surface area contributed by atoms with Gasteiger partial charge in [-0.15, -0.1) is 0 Å². The normalized spacial score (nSPS) is 22.4. The summed E-state index contributed by atoms with van der Waals surface area (Å²) < 4.78 is 38.0. The first-order chi connectivity index (χ1) is 10.2. The Kier molecular flexibility index (Phi) is 5.24. The molecular weight excluding hydrogens is 375 g/mol. The van der Waals surface area contributed by atoms with Gasteiger partial charge >= 0.3 is 0 Å². The lowest BCUT2D eigenvalue weighted by atomic mass is 9.94. The van der Waals surface area contributed by atoms with E-state index in [0.29, 0.717) is 11.0 Å². The second kappa shape index (κ2) is 6.64. The molecule has 0 saturated carbocycles. The molecule has 1 aromatic rings. The molecule has 0 bridgehead atoms. The molecule has 22 heavy (non-hydrogen) atoms. The van der Waals surface area contributed by atoms with Crippen LogP contribution >= 0.6 is 15.9 Å². The van der Waals surface area contributed by atoms with Crippen molar-refractivity contribution in [3.63, 3.8) is 0 Å². The third-order valence-corrected chi connectivity index (χ3v) is 5.35. The zero-order chi connectivity index (χ0) is 16.5. The molecule has 1 aromatic carbocycles. The van der Waals surface area contributed by atoms with Gasteiger partial charge in [-0.05, 0) is 31.0 Å². The van der Waals surface area contributed by atoms with Gasteiger partial charge in [-0.3, -0.25) is 4.79 Å². The number of nitrogens with one attached hydrogen (secondary N) is 2. The first-order valence-electron chi connectivity index (χ1n) is 6.91. The molecule has 1 amide bonds. The van der Waals surface area contributed by atoms with E-state index in [1.54, 1.807) is 0 Å². The Morgan fingerprint density at radius 1 is 1.45 bits per heavy atom. The number of hydrogen-bond acceptors (Lipinski definition) is 4. The Balaban J connectivity index is 2.32. The highest BCUT2D eigenvalue weighted by Gasteiger charge is 2.26. The summed E-state index contributed by atoms with van der Waals surface area (Å²) in [7, 11) is -3.75. The van der Waals surface area contributed by atoms with Crippen LogP contribution in [0.5, 0.6) is 0 Å². The van der Waals surface area contributed by atoms with E-state index < -0.39 is 26.5 Å². The summed E-state index contributed by atoms with van der Waals surface area (Å²) in [5.41, 5.74) is -0.271. The number of halogens is 2. The van der Waals surface area contributed by atoms with Crippen LogP contribution in [-0.2, 0) is 9.84 Å². The maximum Gasteiger partial charge on any atom is 0.254 e. The van der Waals surface area contributed by atoms with Gasteiger partial charge in [0.25, 0.3) is 5.91 Å². The maximum atomic E-state index is 14.4. The fraction of sp³-hybridized carbons (Fsp3) is 0.500. The molecule has 0 aliphatic carbocycles. The van der Waals surface area contributed by atoms with Gasteiger partial charge < -0.3 is 10.6 Å². The van der Waals surface area contributed by atoms with Gasteiger partial charge in [-0.25, -0.2) is 12.8 Å². The number of piperidine rings is 1. The van der Waals surface area contributed by atoms with Crippen molar-refractivity contribution in [1.82, 2.24) is 10.6 Å². The summed E-state index contributed by atoms with van der Waals surface area (Å²) >= 11 is 3.12. The van der Waals surface area contributed by atoms with Crippen LogP contribution < -0.4 is 10.6 Å². The smallest absolute Gasteiger partial charge is 0.254 e. The summed E-state index contributed by atoms with van der Waals surface area (Å²) in [4.78, 5) is 11.8. The van der Waals surface area contributed by atoms with E-state index in [1.807, 2.05) is 6.92 Å². The molecule has 1 aliphatic heterocycles. The number of carbonyl (C=O) groups is 1. The van der Waals surface area contributed by atoms with Crippen molar-refractivity contribution in [3.05, 3.63) is 28.0 Å². The first-order valence-corrected chi connectivity index (χ1v) is 9.59. The number of carbonyl (C=O) groups excluding carboxylic acids is 1. The van der Waals surface area contributed by atoms with E-state index in [4.69, 9.17) is 0 Å². The molecule has 2 atom stereocenters. The van der Waals surface area contributed by atoms with E-state index in [-0.39, 0.29) is 17.5 Å². The minimum Gasteiger partial charge on any atom is -0.348 e. The molecule has 1 fully saturated rings. The molecule has 8 heteroatoms. The van der Waals surface area contributed by atoms with Gasteiger partial charge in [-0.2, -0.15) is 0 Å². The summed E-state index contributed by atoms with van der Waals surface area (Å²) in [6.45, 7) is 3.52. The lowest BCUT2D eigenvalue weighted by molar-refractivity contribution is 0.0910. The monoisotopic (exact) mass is 392 g/mol. The van der Waals surface area contributed by atoms with Gasteiger partial charge in [-0.1, -0.05) is 22.9 Å². The lowest BCUT2D eigenvalue weighted by Gasteiger charge is -2.30. The van der Waals surface area contributed by atoms with E-state index in [0.717, 1.165) is 25.3 Å². The molecule has 2 N–H and O–H groups in total. The van der Waals surface area contributed by atoms with Crippen molar-refractivity contribution in [1.29, 1.82) is 0 Å². The topological polar surface area (TPSA) is 75.3 Å². The summed E-state index contributed by atoms with van der Waals surface area (Å²) in [6, 6.07) is 2.34. The fourth-order valence-corrected chi connectivity index (χ4v) is 3.81. The zero-order valence-corrected chi connectivity index (χ0v) is 14.7. The summed E-state index contributed by atoms with van der Waals surface area (Å²) in [6.07, 6.45) is 1.83. The molecule has 1 saturated heterocycles. The van der Waals surface area contributed by atoms with E-state index >= 15 is 0 Å². The second-order valence-corrected chi connectivity index (χ2v) is 8.49. The van der Waals surface area contributed by atoms with Crippen LogP contribution in [0.4, 0.5) is 4.39 Å². The third kappa shape index (κ3) is 3.85. The standard InChI is InChI=1S/C14H18BrFN2O3S/c1-8-3-4-17-7-11(8)18-14(19)10-5-9(15)6-12(13(10)16)22(2,20)21/h5-6,8,11,17H,3-4,7H2,1-2H3,(H,18,19). The second-order valence-electron chi connectivity index (χ2n) is 5.59. The molecule has 1 aliphatic rings. The third-order valence-electron chi connectivity index (χ3n) is 3.79. The van der Waals surface area contributed by atoms with Crippen molar-refractivity contribution < 1.29 is 17.6 Å². The molecule has 0 spiro atoms.